The third-order valence-electron chi connectivity index (χ3n) is 1.55. The van der Waals surface area contributed by atoms with Gasteiger partial charge in [0.15, 0.2) is 5.78 Å². The fourth-order valence-corrected chi connectivity index (χ4v) is 1.69. The normalized spacial score (nSPS) is 11.6. The molecule has 6 heteroatoms. The molecule has 0 aliphatic carbocycles. The van der Waals surface area contributed by atoms with Crippen molar-refractivity contribution in [1.29, 1.82) is 0 Å². The van der Waals surface area contributed by atoms with E-state index in [1.54, 1.807) is 6.07 Å². The smallest absolute Gasteiger partial charge is 0.768 e. The molecule has 0 saturated carbocycles. The van der Waals surface area contributed by atoms with Crippen molar-refractivity contribution in [3.63, 3.8) is 0 Å². The minimum absolute atomic E-state index is 0. The number of hydrogen-bond donors (Lipinski definition) is 1. The van der Waals surface area contributed by atoms with Crippen LogP contribution in [0.15, 0.2) is 28.0 Å². The van der Waals surface area contributed by atoms with Crippen LogP contribution in [0.5, 0.6) is 0 Å². The van der Waals surface area contributed by atoms with E-state index in [0.717, 1.165) is 0 Å². The van der Waals surface area contributed by atoms with Crippen molar-refractivity contribution < 1.29 is 43.1 Å². The average molecular weight is 238 g/mol. The summed E-state index contributed by atoms with van der Waals surface area (Å²) in [7, 11) is 0. The predicted molar refractivity (Wildman–Crippen MR) is 50.9 cm³/mol. The molecule has 0 aromatic heterocycles. The first-order valence-corrected chi connectivity index (χ1v) is 4.98. The largest absolute Gasteiger partial charge is 1.00 e. The van der Waals surface area contributed by atoms with Gasteiger partial charge >= 0.3 is 29.6 Å². The number of ketones is 1. The van der Waals surface area contributed by atoms with Gasteiger partial charge in [-0.25, -0.2) is 0 Å². The molecular weight excluding hydrogens is 231 g/mol. The van der Waals surface area contributed by atoms with Gasteiger partial charge in [0.1, 0.15) is 0 Å². The second-order valence-corrected chi connectivity index (χ2v) is 3.86. The summed E-state index contributed by atoms with van der Waals surface area (Å²) < 4.78 is 21.3. The molecule has 1 atom stereocenters. The quantitative estimate of drug-likeness (QED) is 0.293. The zero-order valence-corrected chi connectivity index (χ0v) is 11.5. The van der Waals surface area contributed by atoms with E-state index in [2.05, 4.69) is 12.6 Å². The Morgan fingerprint density at radius 1 is 1.50 bits per heavy atom. The van der Waals surface area contributed by atoms with Gasteiger partial charge in [-0.2, -0.15) is 0 Å². The van der Waals surface area contributed by atoms with E-state index in [-0.39, 0.29) is 40.2 Å². The average Bonchev–Trinajstić information content (AvgIpc) is 2.04. The van der Waals surface area contributed by atoms with Gasteiger partial charge in [0.25, 0.3) is 0 Å². The summed E-state index contributed by atoms with van der Waals surface area (Å²) in [5.74, 6) is -0.167. The van der Waals surface area contributed by atoms with Crippen LogP contribution in [0.4, 0.5) is 0 Å². The van der Waals surface area contributed by atoms with Crippen LogP contribution in [0, 0.1) is 0 Å². The minimum Gasteiger partial charge on any atom is -0.768 e. The molecule has 14 heavy (non-hydrogen) atoms. The summed E-state index contributed by atoms with van der Waals surface area (Å²) in [6.45, 7) is 1.38. The van der Waals surface area contributed by atoms with E-state index in [1.165, 1.54) is 19.1 Å². The van der Waals surface area contributed by atoms with Crippen LogP contribution in [-0.4, -0.2) is 14.5 Å². The Kier molecular flexibility index (Phi) is 6.20. The summed E-state index contributed by atoms with van der Waals surface area (Å²) >= 11 is 1.60. The molecule has 3 nitrogen and oxygen atoms in total. The molecule has 1 unspecified atom stereocenters. The maximum atomic E-state index is 10.9. The van der Waals surface area contributed by atoms with E-state index in [9.17, 15) is 13.6 Å². The second kappa shape index (κ2) is 6.05. The SMILES string of the molecule is CC(=O)c1ccc(S)c(S(=O)[O-])c1.[Na+]. The molecule has 0 radical (unpaired) electrons. The predicted octanol–water partition coefficient (Wildman–Crippen LogP) is -1.58. The van der Waals surface area contributed by atoms with Crippen LogP contribution in [0.3, 0.4) is 0 Å². The van der Waals surface area contributed by atoms with Gasteiger partial charge in [0.2, 0.25) is 0 Å². The first-order valence-electron chi connectivity index (χ1n) is 3.45. The van der Waals surface area contributed by atoms with Gasteiger partial charge in [0, 0.05) is 15.4 Å². The van der Waals surface area contributed by atoms with Crippen molar-refractivity contribution >= 4 is 29.5 Å². The molecule has 0 amide bonds. The number of benzene rings is 1. The van der Waals surface area contributed by atoms with E-state index >= 15 is 0 Å². The van der Waals surface area contributed by atoms with Gasteiger partial charge < -0.3 is 4.55 Å². The van der Waals surface area contributed by atoms with Crippen LogP contribution < -0.4 is 29.6 Å². The number of rotatable bonds is 2. The second-order valence-electron chi connectivity index (χ2n) is 2.47. The molecule has 0 N–H and O–H groups in total. The summed E-state index contributed by atoms with van der Waals surface area (Å²) in [6.07, 6.45) is 0. The molecule has 1 aromatic carbocycles. The standard InChI is InChI=1S/C8H8O3S2.Na/c1-5(9)6-2-3-7(12)8(4-6)13(10)11;/h2-4,12H,1H3,(H,10,11);/q;+1/p-1. The Bertz CT molecular complexity index is 379. The summed E-state index contributed by atoms with van der Waals surface area (Å²) in [4.78, 5) is 11.3. The van der Waals surface area contributed by atoms with Crippen LogP contribution >= 0.6 is 12.6 Å². The summed E-state index contributed by atoms with van der Waals surface area (Å²) in [5.41, 5.74) is 0.372. The zero-order chi connectivity index (χ0) is 10.0. The summed E-state index contributed by atoms with van der Waals surface area (Å²) in [6, 6.07) is 4.35. The molecule has 0 saturated heterocycles. The van der Waals surface area contributed by atoms with Gasteiger partial charge in [-0.3, -0.25) is 9.00 Å². The van der Waals surface area contributed by atoms with E-state index in [1.807, 2.05) is 0 Å². The Labute approximate surface area is 112 Å². The summed E-state index contributed by atoms with van der Waals surface area (Å²) in [5, 5.41) is 0. The number of Topliss-reactive ketones (excluding diaryl/α,β-unsaturated/α-hetero) is 1. The molecule has 0 fully saturated rings. The van der Waals surface area contributed by atoms with Gasteiger partial charge in [0.05, 0.1) is 0 Å². The fourth-order valence-electron chi connectivity index (χ4n) is 0.867. The zero-order valence-electron chi connectivity index (χ0n) is 7.81. The van der Waals surface area contributed by atoms with Crippen LogP contribution in [-0.2, 0) is 11.1 Å². The monoisotopic (exact) mass is 238 g/mol. The fraction of sp³-hybridized carbons (Fsp3) is 0.125. The van der Waals surface area contributed by atoms with Crippen LogP contribution in [0.1, 0.15) is 17.3 Å². The van der Waals surface area contributed by atoms with Gasteiger partial charge in [-0.1, -0.05) is 6.07 Å². The first-order chi connectivity index (χ1) is 6.02. The third kappa shape index (κ3) is 3.49. The molecule has 70 valence electrons. The molecular formula is C8H7NaO3S2. The number of carbonyl (C=O) groups excluding carboxylic acids is 1. The molecule has 0 aliphatic heterocycles. The third-order valence-corrected chi connectivity index (χ3v) is 2.78. The molecule has 0 aliphatic rings. The Hall–Kier alpha value is 0.350. The van der Waals surface area contributed by atoms with Gasteiger partial charge in [-0.05, 0) is 30.1 Å². The minimum atomic E-state index is -2.35. The molecule has 1 aromatic rings. The topological polar surface area (TPSA) is 57.2 Å². The number of hydrogen-bond acceptors (Lipinski definition) is 4. The van der Waals surface area contributed by atoms with Crippen molar-refractivity contribution in [2.75, 3.05) is 0 Å². The van der Waals surface area contributed by atoms with Crippen molar-refractivity contribution in [1.82, 2.24) is 0 Å². The van der Waals surface area contributed by atoms with Crippen molar-refractivity contribution in [2.24, 2.45) is 0 Å². The van der Waals surface area contributed by atoms with Gasteiger partial charge in [-0.15, -0.1) is 12.6 Å². The Morgan fingerprint density at radius 2 is 2.07 bits per heavy atom. The van der Waals surface area contributed by atoms with Crippen LogP contribution in [0.25, 0.3) is 0 Å². The van der Waals surface area contributed by atoms with E-state index in [4.69, 9.17) is 0 Å². The number of thiol groups is 1. The van der Waals surface area contributed by atoms with Crippen molar-refractivity contribution in [2.45, 2.75) is 16.7 Å². The maximum absolute atomic E-state index is 10.9. The van der Waals surface area contributed by atoms with E-state index < -0.39 is 11.1 Å². The maximum Gasteiger partial charge on any atom is 1.00 e. The molecule has 0 heterocycles. The molecule has 0 bridgehead atoms. The number of carbonyl (C=O) groups is 1. The van der Waals surface area contributed by atoms with Crippen LogP contribution in [0.2, 0.25) is 0 Å². The Morgan fingerprint density at radius 3 is 2.50 bits per heavy atom. The van der Waals surface area contributed by atoms with E-state index in [0.29, 0.717) is 10.5 Å². The Balaban J connectivity index is 0.00000169. The first kappa shape index (κ1) is 14.3. The van der Waals surface area contributed by atoms with Crippen molar-refractivity contribution in [3.8, 4) is 0 Å². The molecule has 0 spiro atoms. The molecule has 1 rings (SSSR count). The van der Waals surface area contributed by atoms with Crippen molar-refractivity contribution in [3.05, 3.63) is 23.8 Å².